The molecule has 1 aliphatic rings. The summed E-state index contributed by atoms with van der Waals surface area (Å²) in [6.45, 7) is 1.04. The number of methoxy groups -OCH3 is 1. The number of aromatic nitrogens is 1. The molecule has 0 unspecified atom stereocenters. The van der Waals surface area contributed by atoms with Crippen molar-refractivity contribution in [1.29, 1.82) is 0 Å². The average molecular weight is 414 g/mol. The highest BCUT2D eigenvalue weighted by Crippen LogP contribution is 2.33. The van der Waals surface area contributed by atoms with Gasteiger partial charge >= 0.3 is 0 Å². The highest BCUT2D eigenvalue weighted by atomic mass is 16.5. The highest BCUT2D eigenvalue weighted by molar-refractivity contribution is 6.14. The molecular weight excluding hydrogens is 392 g/mol. The third kappa shape index (κ3) is 3.05. The zero-order valence-electron chi connectivity index (χ0n) is 17.6. The molecule has 31 heavy (non-hydrogen) atoms. The minimum atomic E-state index is -0.202. The molecule has 1 N–H and O–H groups in total. The number of hydrogen-bond donors (Lipinski definition) is 1. The number of ether oxygens (including phenoxy) is 1. The first-order chi connectivity index (χ1) is 15.0. The van der Waals surface area contributed by atoms with Crippen molar-refractivity contribution < 1.29 is 9.84 Å². The van der Waals surface area contributed by atoms with Crippen molar-refractivity contribution >= 4 is 33.1 Å². The maximum atomic E-state index is 13.1. The summed E-state index contributed by atoms with van der Waals surface area (Å²) in [7, 11) is 5.50. The number of aromatic hydroxyl groups is 1. The van der Waals surface area contributed by atoms with E-state index in [-0.39, 0.29) is 11.4 Å². The maximum absolute atomic E-state index is 13.1. The number of nitrogens with zero attached hydrogens (tertiary/aromatic N) is 4. The molecule has 0 aliphatic carbocycles. The van der Waals surface area contributed by atoms with E-state index in [0.717, 1.165) is 22.1 Å². The largest absolute Gasteiger partial charge is 0.497 e. The summed E-state index contributed by atoms with van der Waals surface area (Å²) in [5.41, 5.74) is 1.35. The summed E-state index contributed by atoms with van der Waals surface area (Å²) < 4.78 is 6.66. The van der Waals surface area contributed by atoms with E-state index in [1.54, 1.807) is 13.2 Å². The van der Waals surface area contributed by atoms with Crippen LogP contribution < -0.4 is 15.7 Å². The second-order valence-electron chi connectivity index (χ2n) is 7.88. The van der Waals surface area contributed by atoms with Crippen LogP contribution in [0.5, 0.6) is 11.6 Å². The van der Waals surface area contributed by atoms with Crippen LogP contribution in [0.4, 0.5) is 5.69 Å². The molecule has 0 fully saturated rings. The number of fused-ring (bicyclic) bond motifs is 2. The molecule has 0 saturated carbocycles. The van der Waals surface area contributed by atoms with Crippen molar-refractivity contribution in [2.75, 3.05) is 27.7 Å². The van der Waals surface area contributed by atoms with E-state index in [4.69, 9.17) is 14.7 Å². The number of pyridine rings is 1. The van der Waals surface area contributed by atoms with E-state index >= 15 is 0 Å². The summed E-state index contributed by atoms with van der Waals surface area (Å²) in [4.78, 5) is 24.6. The van der Waals surface area contributed by atoms with Gasteiger partial charge in [0, 0.05) is 40.2 Å². The number of aliphatic imine (C=N–C) groups is 1. The number of likely N-dealkylation sites (N-methyl/N-ethyl adjacent to an activating group) is 1. The highest BCUT2D eigenvalue weighted by Gasteiger charge is 2.20. The minimum Gasteiger partial charge on any atom is -0.497 e. The predicted molar refractivity (Wildman–Crippen MR) is 122 cm³/mol. The Hall–Kier alpha value is -3.71. The third-order valence-corrected chi connectivity index (χ3v) is 5.65. The molecule has 7 nitrogen and oxygen atoms in total. The number of rotatable bonds is 5. The van der Waals surface area contributed by atoms with Gasteiger partial charge in [0.25, 0.3) is 5.56 Å². The fraction of sp³-hybridized carbons (Fsp3) is 0.208. The van der Waals surface area contributed by atoms with Gasteiger partial charge in [0.15, 0.2) is 5.84 Å². The molecule has 0 radical (unpaired) electrons. The van der Waals surface area contributed by atoms with Gasteiger partial charge in [-0.05, 0) is 50.5 Å². The summed E-state index contributed by atoms with van der Waals surface area (Å²) in [5.74, 6) is 1.32. The molecule has 0 bridgehead atoms. The minimum absolute atomic E-state index is 0.0357. The van der Waals surface area contributed by atoms with E-state index in [9.17, 15) is 9.90 Å². The van der Waals surface area contributed by atoms with Gasteiger partial charge in [-0.3, -0.25) is 9.36 Å². The predicted octanol–water partition coefficient (Wildman–Crippen LogP) is 2.86. The van der Waals surface area contributed by atoms with Gasteiger partial charge in [0.1, 0.15) is 5.75 Å². The summed E-state index contributed by atoms with van der Waals surface area (Å²) in [6.07, 6.45) is 0. The second kappa shape index (κ2) is 7.21. The molecule has 4 aromatic rings. The molecule has 1 aliphatic heterocycles. The lowest BCUT2D eigenvalue weighted by Gasteiger charge is -2.16. The van der Waals surface area contributed by atoms with E-state index < -0.39 is 0 Å². The SMILES string of the molecule is COc1ccc(C2=Nc3cc4c(O)n(CCN(C)C)c(=O)c5cccc(c3=N2)c45)cc1. The Balaban J connectivity index is 1.74. The number of amidine groups is 1. The molecule has 0 atom stereocenters. The molecule has 0 amide bonds. The van der Waals surface area contributed by atoms with Crippen molar-refractivity contribution in [1.82, 2.24) is 9.47 Å². The van der Waals surface area contributed by atoms with Crippen LogP contribution in [0.25, 0.3) is 21.5 Å². The van der Waals surface area contributed by atoms with Gasteiger partial charge in [-0.25, -0.2) is 9.98 Å². The fourth-order valence-electron chi connectivity index (χ4n) is 4.02. The van der Waals surface area contributed by atoms with E-state index in [2.05, 4.69) is 0 Å². The summed E-state index contributed by atoms with van der Waals surface area (Å²) in [6, 6.07) is 15.0. The topological polar surface area (TPSA) is 79.4 Å². The normalized spacial score (nSPS) is 13.0. The van der Waals surface area contributed by atoms with Crippen molar-refractivity contribution in [2.45, 2.75) is 6.54 Å². The Bertz CT molecular complexity index is 1470. The average Bonchev–Trinajstić information content (AvgIpc) is 3.21. The first-order valence-corrected chi connectivity index (χ1v) is 10.1. The number of hydrogen-bond acceptors (Lipinski definition) is 6. The van der Waals surface area contributed by atoms with Crippen LogP contribution in [0.3, 0.4) is 0 Å². The van der Waals surface area contributed by atoms with Gasteiger partial charge in [-0.15, -0.1) is 0 Å². The first kappa shape index (κ1) is 19.3. The smallest absolute Gasteiger partial charge is 0.261 e. The van der Waals surface area contributed by atoms with Gasteiger partial charge in [0.2, 0.25) is 5.88 Å². The molecule has 7 heteroatoms. The van der Waals surface area contributed by atoms with E-state index in [1.165, 1.54) is 4.57 Å². The maximum Gasteiger partial charge on any atom is 0.261 e. The lowest BCUT2D eigenvalue weighted by molar-refractivity contribution is 0.353. The van der Waals surface area contributed by atoms with Crippen LogP contribution in [-0.4, -0.2) is 48.2 Å². The first-order valence-electron chi connectivity index (χ1n) is 10.1. The van der Waals surface area contributed by atoms with Crippen LogP contribution in [0.2, 0.25) is 0 Å². The Morgan fingerprint density at radius 3 is 2.48 bits per heavy atom. The Kier molecular flexibility index (Phi) is 4.48. The monoisotopic (exact) mass is 414 g/mol. The Labute approximate surface area is 178 Å². The second-order valence-corrected chi connectivity index (χ2v) is 7.88. The summed E-state index contributed by atoms with van der Waals surface area (Å²) in [5, 5.41) is 14.4. The molecular formula is C24H22N4O3. The molecule has 2 heterocycles. The van der Waals surface area contributed by atoms with Crippen LogP contribution in [0.15, 0.2) is 63.3 Å². The zero-order valence-corrected chi connectivity index (χ0v) is 17.6. The van der Waals surface area contributed by atoms with Gasteiger partial charge in [0.05, 0.1) is 18.2 Å². The fourth-order valence-corrected chi connectivity index (χ4v) is 4.02. The van der Waals surface area contributed by atoms with Gasteiger partial charge in [-0.1, -0.05) is 12.1 Å². The van der Waals surface area contributed by atoms with E-state index in [1.807, 2.05) is 61.5 Å². The van der Waals surface area contributed by atoms with Gasteiger partial charge in [-0.2, -0.15) is 0 Å². The lowest BCUT2D eigenvalue weighted by atomic mass is 10.0. The van der Waals surface area contributed by atoms with Crippen LogP contribution in [-0.2, 0) is 6.54 Å². The molecule has 3 aromatic carbocycles. The number of benzene rings is 3. The van der Waals surface area contributed by atoms with Gasteiger partial charge < -0.3 is 14.7 Å². The van der Waals surface area contributed by atoms with Crippen LogP contribution >= 0.6 is 0 Å². The van der Waals surface area contributed by atoms with Crippen LogP contribution in [0.1, 0.15) is 5.56 Å². The standard InChI is InChI=1S/C24H22N4O3/c1-27(2)11-12-28-23(29)17-6-4-5-16-20(17)18(24(28)30)13-19-21(16)26-22(25-19)14-7-9-15(31-3)10-8-14/h4-10,13,30H,11-12H2,1-3H3. The van der Waals surface area contributed by atoms with E-state index in [0.29, 0.717) is 40.7 Å². The summed E-state index contributed by atoms with van der Waals surface area (Å²) >= 11 is 0. The Morgan fingerprint density at radius 1 is 1.03 bits per heavy atom. The van der Waals surface area contributed by atoms with Crippen molar-refractivity contribution in [3.8, 4) is 11.6 Å². The zero-order chi connectivity index (χ0) is 21.7. The molecule has 5 rings (SSSR count). The molecule has 156 valence electrons. The van der Waals surface area contributed by atoms with Crippen molar-refractivity contribution in [3.63, 3.8) is 0 Å². The lowest BCUT2D eigenvalue weighted by Crippen LogP contribution is -2.27. The van der Waals surface area contributed by atoms with Crippen LogP contribution in [0, 0.1) is 0 Å². The Morgan fingerprint density at radius 2 is 1.77 bits per heavy atom. The molecule has 0 saturated heterocycles. The van der Waals surface area contributed by atoms with Crippen molar-refractivity contribution in [3.05, 3.63) is 69.8 Å². The quantitative estimate of drug-likeness (QED) is 0.545. The third-order valence-electron chi connectivity index (χ3n) is 5.65. The molecule has 1 aromatic heterocycles. The van der Waals surface area contributed by atoms with Crippen molar-refractivity contribution in [2.24, 2.45) is 9.98 Å². The molecule has 0 spiro atoms.